The zero-order valence-electron chi connectivity index (χ0n) is 22.9. The molecule has 196 valence electrons. The summed E-state index contributed by atoms with van der Waals surface area (Å²) in [6, 6.07) is 8.00. The first-order valence-corrected chi connectivity index (χ1v) is 12.8. The van der Waals surface area contributed by atoms with Crippen LogP contribution in [-0.4, -0.2) is 46.8 Å². The summed E-state index contributed by atoms with van der Waals surface area (Å²) in [5, 5.41) is 1.49. The van der Waals surface area contributed by atoms with E-state index in [4.69, 9.17) is 21.3 Å². The highest BCUT2D eigenvalue weighted by atomic mass is 35.5. The summed E-state index contributed by atoms with van der Waals surface area (Å²) in [6.07, 6.45) is 7.89. The molecular weight excluding hydrogens is 484 g/mol. The maximum Gasteiger partial charge on any atom is 0.228 e. The van der Waals surface area contributed by atoms with Crippen LogP contribution in [-0.2, 0) is 17.9 Å². The van der Waals surface area contributed by atoms with Gasteiger partial charge in [0.15, 0.2) is 0 Å². The molecule has 1 aromatic carbocycles. The minimum Gasteiger partial charge on any atom is -0.487 e. The lowest BCUT2D eigenvalue weighted by Gasteiger charge is -2.29. The Balaban J connectivity index is 1.97. The van der Waals surface area contributed by atoms with Gasteiger partial charge in [-0.05, 0) is 37.1 Å². The van der Waals surface area contributed by atoms with Gasteiger partial charge in [0.2, 0.25) is 5.91 Å². The van der Waals surface area contributed by atoms with Crippen molar-refractivity contribution in [3.63, 3.8) is 0 Å². The summed E-state index contributed by atoms with van der Waals surface area (Å²) in [5.41, 5.74) is 4.96. The van der Waals surface area contributed by atoms with Crippen molar-refractivity contribution in [2.45, 2.75) is 47.3 Å². The number of allylic oxidation sites excluding steroid dienone is 2. The number of carbonyl (C=O) groups is 1. The van der Waals surface area contributed by atoms with E-state index in [1.807, 2.05) is 73.1 Å². The van der Waals surface area contributed by atoms with E-state index in [0.717, 1.165) is 45.4 Å². The van der Waals surface area contributed by atoms with Crippen molar-refractivity contribution in [3.05, 3.63) is 82.8 Å². The molecule has 0 unspecified atom stereocenters. The predicted octanol–water partition coefficient (Wildman–Crippen LogP) is 6.65. The van der Waals surface area contributed by atoms with Gasteiger partial charge in [0.1, 0.15) is 17.9 Å². The molecule has 0 aliphatic heterocycles. The number of rotatable bonds is 10. The van der Waals surface area contributed by atoms with E-state index in [1.54, 1.807) is 23.4 Å². The molecule has 0 saturated heterocycles. The quantitative estimate of drug-likeness (QED) is 0.280. The Morgan fingerprint density at radius 3 is 2.59 bits per heavy atom. The molecule has 7 heteroatoms. The average molecular weight is 521 g/mol. The van der Waals surface area contributed by atoms with Crippen LogP contribution in [0.15, 0.2) is 55.4 Å². The Morgan fingerprint density at radius 2 is 1.95 bits per heavy atom. The number of carbonyl (C=O) groups excluding carboxylic acids is 1. The van der Waals surface area contributed by atoms with E-state index in [2.05, 4.69) is 22.5 Å². The molecule has 0 aliphatic carbocycles. The van der Waals surface area contributed by atoms with E-state index in [-0.39, 0.29) is 12.5 Å². The van der Waals surface area contributed by atoms with Gasteiger partial charge in [-0.15, -0.1) is 0 Å². The molecule has 0 saturated carbocycles. The predicted molar refractivity (Wildman–Crippen MR) is 152 cm³/mol. The third-order valence-electron chi connectivity index (χ3n) is 6.65. The van der Waals surface area contributed by atoms with Crippen LogP contribution in [0.1, 0.15) is 49.6 Å². The Bertz CT molecular complexity index is 1330. The number of para-hydroxylation sites is 1. The molecule has 0 aliphatic rings. The topological polar surface area (TPSA) is 58.6 Å². The standard InChI is InChI=1S/C30H37ClN4O2/c1-9-12-26(34(6)7)23-15-20(3)33-28-22(23)13-11-14-27(28)37-19-24-21(16-32-17-25(24)31)18-35(8)29(36)30(4,5)10-2/h9,11-17H,1,10,18-19H2,2-8H3/b26-12-. The highest BCUT2D eigenvalue weighted by molar-refractivity contribution is 6.31. The van der Waals surface area contributed by atoms with Crippen LogP contribution in [0.4, 0.5) is 0 Å². The Hall–Kier alpha value is -3.38. The molecule has 2 aromatic heterocycles. The molecular formula is C30H37ClN4O2. The average Bonchev–Trinajstić information content (AvgIpc) is 2.85. The van der Waals surface area contributed by atoms with Crippen LogP contribution in [0, 0.1) is 12.3 Å². The van der Waals surface area contributed by atoms with Crippen LogP contribution in [0.3, 0.4) is 0 Å². The Kier molecular flexibility index (Phi) is 8.98. The van der Waals surface area contributed by atoms with Gasteiger partial charge in [-0.3, -0.25) is 9.78 Å². The van der Waals surface area contributed by atoms with E-state index in [0.29, 0.717) is 17.3 Å². The van der Waals surface area contributed by atoms with Crippen molar-refractivity contribution in [1.82, 2.24) is 19.8 Å². The number of benzene rings is 1. The van der Waals surface area contributed by atoms with Gasteiger partial charge < -0.3 is 14.5 Å². The van der Waals surface area contributed by atoms with Gasteiger partial charge in [-0.2, -0.15) is 0 Å². The lowest BCUT2D eigenvalue weighted by Crippen LogP contribution is -2.37. The molecule has 3 aromatic rings. The van der Waals surface area contributed by atoms with Gasteiger partial charge in [-0.1, -0.05) is 57.2 Å². The van der Waals surface area contributed by atoms with Crippen LogP contribution in [0.5, 0.6) is 5.75 Å². The largest absolute Gasteiger partial charge is 0.487 e. The third-order valence-corrected chi connectivity index (χ3v) is 6.97. The zero-order chi connectivity index (χ0) is 27.3. The number of hydrogen-bond donors (Lipinski definition) is 0. The number of aromatic nitrogens is 2. The number of ether oxygens (including phenoxy) is 1. The van der Waals surface area contributed by atoms with Gasteiger partial charge in [0.25, 0.3) is 0 Å². The lowest BCUT2D eigenvalue weighted by molar-refractivity contribution is -0.139. The number of halogens is 1. The van der Waals surface area contributed by atoms with E-state index in [1.165, 1.54) is 0 Å². The van der Waals surface area contributed by atoms with Crippen molar-refractivity contribution in [1.29, 1.82) is 0 Å². The van der Waals surface area contributed by atoms with Crippen molar-refractivity contribution in [3.8, 4) is 5.75 Å². The van der Waals surface area contributed by atoms with Gasteiger partial charge >= 0.3 is 0 Å². The Morgan fingerprint density at radius 1 is 1.22 bits per heavy atom. The van der Waals surface area contributed by atoms with Crippen molar-refractivity contribution in [2.24, 2.45) is 5.41 Å². The summed E-state index contributed by atoms with van der Waals surface area (Å²) in [4.78, 5) is 25.8. The number of nitrogens with zero attached hydrogens (tertiary/aromatic N) is 4. The van der Waals surface area contributed by atoms with Gasteiger partial charge in [0.05, 0.1) is 5.02 Å². The third kappa shape index (κ3) is 6.31. The minimum atomic E-state index is -0.437. The second-order valence-electron chi connectivity index (χ2n) is 10.1. The minimum absolute atomic E-state index is 0.0763. The second-order valence-corrected chi connectivity index (χ2v) is 10.5. The summed E-state index contributed by atoms with van der Waals surface area (Å²) in [7, 11) is 5.82. The molecule has 37 heavy (non-hydrogen) atoms. The van der Waals surface area contributed by atoms with E-state index in [9.17, 15) is 4.79 Å². The summed E-state index contributed by atoms with van der Waals surface area (Å²) in [5.74, 6) is 0.738. The normalized spacial score (nSPS) is 11.9. The van der Waals surface area contributed by atoms with Crippen molar-refractivity contribution in [2.75, 3.05) is 21.1 Å². The van der Waals surface area contributed by atoms with E-state index >= 15 is 0 Å². The molecule has 0 atom stereocenters. The SMILES string of the molecule is C=C/C=C(/c1cc(C)nc2c(OCc3c(Cl)cncc3CN(C)C(=O)C(C)(C)CC)cccc12)N(C)C. The molecule has 2 heterocycles. The molecule has 6 nitrogen and oxygen atoms in total. The van der Waals surface area contributed by atoms with Gasteiger partial charge in [-0.25, -0.2) is 4.98 Å². The van der Waals surface area contributed by atoms with E-state index < -0.39 is 5.41 Å². The number of hydrogen-bond acceptors (Lipinski definition) is 5. The lowest BCUT2D eigenvalue weighted by atomic mass is 9.88. The first-order valence-electron chi connectivity index (χ1n) is 12.4. The second kappa shape index (κ2) is 11.8. The van der Waals surface area contributed by atoms with Crippen molar-refractivity contribution >= 4 is 34.1 Å². The number of pyridine rings is 2. The first kappa shape index (κ1) is 28.2. The van der Waals surface area contributed by atoms with Crippen LogP contribution in [0.25, 0.3) is 16.6 Å². The number of amides is 1. The fourth-order valence-electron chi connectivity index (χ4n) is 4.21. The van der Waals surface area contributed by atoms with Crippen molar-refractivity contribution < 1.29 is 9.53 Å². The number of aryl methyl sites for hydroxylation is 1. The number of fused-ring (bicyclic) bond motifs is 1. The van der Waals surface area contributed by atoms with Crippen LogP contribution < -0.4 is 4.74 Å². The summed E-state index contributed by atoms with van der Waals surface area (Å²) in [6.45, 7) is 12.4. The maximum atomic E-state index is 13.0. The maximum absolute atomic E-state index is 13.0. The fraction of sp³-hybridized carbons (Fsp3) is 0.367. The zero-order valence-corrected chi connectivity index (χ0v) is 23.7. The Labute approximate surface area is 225 Å². The van der Waals surface area contributed by atoms with Crippen LogP contribution in [0.2, 0.25) is 5.02 Å². The molecule has 3 rings (SSSR count). The highest BCUT2D eigenvalue weighted by Crippen LogP contribution is 2.33. The van der Waals surface area contributed by atoms with Gasteiger partial charge in [0, 0.05) is 73.4 Å². The highest BCUT2D eigenvalue weighted by Gasteiger charge is 2.29. The molecule has 0 fully saturated rings. The molecule has 1 amide bonds. The summed E-state index contributed by atoms with van der Waals surface area (Å²) >= 11 is 6.57. The molecule has 0 radical (unpaired) electrons. The fourth-order valence-corrected chi connectivity index (χ4v) is 4.45. The van der Waals surface area contributed by atoms with Crippen LogP contribution >= 0.6 is 11.6 Å². The smallest absolute Gasteiger partial charge is 0.228 e. The summed E-state index contributed by atoms with van der Waals surface area (Å²) < 4.78 is 6.34. The monoisotopic (exact) mass is 520 g/mol. The molecule has 0 N–H and O–H groups in total. The first-order chi connectivity index (χ1) is 17.5. The molecule has 0 spiro atoms. The molecule has 0 bridgehead atoms.